The zero-order valence-electron chi connectivity index (χ0n) is 9.46. The largest absolute Gasteiger partial charge is 0.325 e. The van der Waals surface area contributed by atoms with E-state index in [4.69, 9.17) is 5.73 Å². The van der Waals surface area contributed by atoms with Gasteiger partial charge in [-0.15, -0.1) is 0 Å². The molecule has 84 valence electrons. The second-order valence-corrected chi connectivity index (χ2v) is 3.87. The topological polar surface area (TPSA) is 69.6 Å². The fourth-order valence-corrected chi connectivity index (χ4v) is 1.52. The predicted molar refractivity (Wildman–Crippen MR) is 61.1 cm³/mol. The van der Waals surface area contributed by atoms with Gasteiger partial charge in [-0.2, -0.15) is 5.10 Å². The van der Waals surface area contributed by atoms with Crippen molar-refractivity contribution < 1.29 is 0 Å². The number of aromatic nitrogens is 4. The van der Waals surface area contributed by atoms with Gasteiger partial charge in [-0.25, -0.2) is 14.6 Å². The Kier molecular flexibility index (Phi) is 2.96. The molecule has 5 nitrogen and oxygen atoms in total. The molecule has 16 heavy (non-hydrogen) atoms. The van der Waals surface area contributed by atoms with Crippen molar-refractivity contribution in [2.45, 2.75) is 26.3 Å². The van der Waals surface area contributed by atoms with E-state index in [1.807, 2.05) is 12.1 Å². The van der Waals surface area contributed by atoms with Crippen molar-refractivity contribution in [2.24, 2.45) is 5.73 Å². The Morgan fingerprint density at radius 2 is 2.12 bits per heavy atom. The Labute approximate surface area is 94.3 Å². The summed E-state index contributed by atoms with van der Waals surface area (Å²) in [5.41, 5.74) is 7.46. The predicted octanol–water partition coefficient (Wildman–Crippen LogP) is 1.24. The molecule has 0 amide bonds. The molecule has 0 atom stereocenters. The van der Waals surface area contributed by atoms with Gasteiger partial charge in [0.2, 0.25) is 0 Å². The fraction of sp³-hybridized carbons (Fsp3) is 0.364. The second-order valence-electron chi connectivity index (χ2n) is 3.87. The molecular formula is C11H15N5. The van der Waals surface area contributed by atoms with Crippen LogP contribution in [0.1, 0.15) is 31.2 Å². The van der Waals surface area contributed by atoms with Crippen molar-refractivity contribution >= 4 is 0 Å². The molecule has 2 aromatic heterocycles. The van der Waals surface area contributed by atoms with Gasteiger partial charge in [0.15, 0.2) is 0 Å². The third-order valence-electron chi connectivity index (χ3n) is 2.36. The Bertz CT molecular complexity index is 475. The van der Waals surface area contributed by atoms with E-state index in [-0.39, 0.29) is 0 Å². The standard InChI is InChI=1S/C11H15N5/c1-8(2)10-4-6-14-16(10)11-13-5-3-9(7-12)15-11/h3-6,8H,7,12H2,1-2H3. The third kappa shape index (κ3) is 1.94. The summed E-state index contributed by atoms with van der Waals surface area (Å²) in [7, 11) is 0. The molecule has 0 saturated carbocycles. The minimum Gasteiger partial charge on any atom is -0.325 e. The molecule has 0 aromatic carbocycles. The highest BCUT2D eigenvalue weighted by Crippen LogP contribution is 2.15. The van der Waals surface area contributed by atoms with Crippen LogP contribution < -0.4 is 5.73 Å². The molecule has 0 radical (unpaired) electrons. The highest BCUT2D eigenvalue weighted by atomic mass is 15.3. The van der Waals surface area contributed by atoms with Crippen molar-refractivity contribution in [3.8, 4) is 5.95 Å². The summed E-state index contributed by atoms with van der Waals surface area (Å²) in [6.07, 6.45) is 3.46. The fourth-order valence-electron chi connectivity index (χ4n) is 1.52. The lowest BCUT2D eigenvalue weighted by atomic mass is 10.1. The van der Waals surface area contributed by atoms with E-state index in [0.717, 1.165) is 11.4 Å². The number of nitrogens with zero attached hydrogens (tertiary/aromatic N) is 4. The van der Waals surface area contributed by atoms with Crippen LogP contribution in [0.3, 0.4) is 0 Å². The van der Waals surface area contributed by atoms with E-state index in [1.165, 1.54) is 0 Å². The van der Waals surface area contributed by atoms with E-state index in [1.54, 1.807) is 17.1 Å². The van der Waals surface area contributed by atoms with Crippen molar-refractivity contribution in [1.29, 1.82) is 0 Å². The molecule has 0 aliphatic heterocycles. The summed E-state index contributed by atoms with van der Waals surface area (Å²) in [5, 5.41) is 4.23. The Morgan fingerprint density at radius 3 is 2.81 bits per heavy atom. The van der Waals surface area contributed by atoms with E-state index >= 15 is 0 Å². The van der Waals surface area contributed by atoms with Gasteiger partial charge in [-0.3, -0.25) is 0 Å². The number of hydrogen-bond donors (Lipinski definition) is 1. The van der Waals surface area contributed by atoms with Gasteiger partial charge in [0, 0.05) is 18.9 Å². The number of nitrogens with two attached hydrogens (primary N) is 1. The summed E-state index contributed by atoms with van der Waals surface area (Å²) in [4.78, 5) is 8.55. The second kappa shape index (κ2) is 4.40. The van der Waals surface area contributed by atoms with Gasteiger partial charge in [-0.1, -0.05) is 13.8 Å². The zero-order valence-corrected chi connectivity index (χ0v) is 9.46. The molecule has 0 aliphatic carbocycles. The van der Waals surface area contributed by atoms with E-state index in [0.29, 0.717) is 18.4 Å². The molecule has 0 saturated heterocycles. The molecule has 0 spiro atoms. The minimum atomic E-state index is 0.382. The highest BCUT2D eigenvalue weighted by molar-refractivity contribution is 5.19. The highest BCUT2D eigenvalue weighted by Gasteiger charge is 2.10. The van der Waals surface area contributed by atoms with Crippen LogP contribution in [0, 0.1) is 0 Å². The Morgan fingerprint density at radius 1 is 1.31 bits per heavy atom. The van der Waals surface area contributed by atoms with Gasteiger partial charge in [-0.05, 0) is 18.1 Å². The van der Waals surface area contributed by atoms with Crippen LogP contribution in [0.15, 0.2) is 24.5 Å². The van der Waals surface area contributed by atoms with Gasteiger partial charge >= 0.3 is 0 Å². The average molecular weight is 217 g/mol. The molecule has 2 rings (SSSR count). The van der Waals surface area contributed by atoms with Gasteiger partial charge < -0.3 is 5.73 Å². The van der Waals surface area contributed by atoms with Gasteiger partial charge in [0.25, 0.3) is 5.95 Å². The minimum absolute atomic E-state index is 0.382. The molecule has 0 fully saturated rings. The molecule has 0 unspecified atom stereocenters. The summed E-state index contributed by atoms with van der Waals surface area (Å²) in [6.45, 7) is 4.63. The molecule has 5 heteroatoms. The SMILES string of the molecule is CC(C)c1ccnn1-c1nccc(CN)n1. The van der Waals surface area contributed by atoms with E-state index in [2.05, 4.69) is 28.9 Å². The number of rotatable bonds is 3. The van der Waals surface area contributed by atoms with Crippen LogP contribution in [-0.2, 0) is 6.54 Å². The Balaban J connectivity index is 2.46. The normalized spacial score (nSPS) is 11.0. The molecule has 2 N–H and O–H groups in total. The maximum absolute atomic E-state index is 5.55. The van der Waals surface area contributed by atoms with Crippen LogP contribution in [0.25, 0.3) is 5.95 Å². The lowest BCUT2D eigenvalue weighted by Gasteiger charge is -2.08. The lowest BCUT2D eigenvalue weighted by Crippen LogP contribution is -2.10. The average Bonchev–Trinajstić information content (AvgIpc) is 2.78. The van der Waals surface area contributed by atoms with Crippen molar-refractivity contribution in [3.63, 3.8) is 0 Å². The van der Waals surface area contributed by atoms with E-state index in [9.17, 15) is 0 Å². The van der Waals surface area contributed by atoms with Gasteiger partial charge in [0.05, 0.1) is 11.4 Å². The smallest absolute Gasteiger partial charge is 0.251 e. The molecule has 2 aromatic rings. The molecular weight excluding hydrogens is 202 g/mol. The van der Waals surface area contributed by atoms with Crippen molar-refractivity contribution in [1.82, 2.24) is 19.7 Å². The van der Waals surface area contributed by atoms with Crippen molar-refractivity contribution in [2.75, 3.05) is 0 Å². The van der Waals surface area contributed by atoms with Crippen LogP contribution in [0.2, 0.25) is 0 Å². The van der Waals surface area contributed by atoms with Crippen LogP contribution in [0.4, 0.5) is 0 Å². The van der Waals surface area contributed by atoms with Crippen LogP contribution in [0.5, 0.6) is 0 Å². The summed E-state index contributed by atoms with van der Waals surface area (Å²) in [6, 6.07) is 3.78. The van der Waals surface area contributed by atoms with Crippen LogP contribution >= 0.6 is 0 Å². The van der Waals surface area contributed by atoms with Crippen LogP contribution in [-0.4, -0.2) is 19.7 Å². The third-order valence-corrected chi connectivity index (χ3v) is 2.36. The van der Waals surface area contributed by atoms with Crippen molar-refractivity contribution in [3.05, 3.63) is 35.9 Å². The summed E-state index contributed by atoms with van der Waals surface area (Å²) < 4.78 is 1.75. The van der Waals surface area contributed by atoms with Gasteiger partial charge in [0.1, 0.15) is 0 Å². The zero-order chi connectivity index (χ0) is 11.5. The lowest BCUT2D eigenvalue weighted by molar-refractivity contribution is 0.698. The first-order valence-electron chi connectivity index (χ1n) is 5.28. The summed E-state index contributed by atoms with van der Waals surface area (Å²) in [5.74, 6) is 0.962. The monoisotopic (exact) mass is 217 g/mol. The first-order chi connectivity index (χ1) is 7.72. The maximum Gasteiger partial charge on any atom is 0.251 e. The molecule has 2 heterocycles. The first-order valence-corrected chi connectivity index (χ1v) is 5.28. The Hall–Kier alpha value is -1.75. The molecule has 0 bridgehead atoms. The molecule has 0 aliphatic rings. The summed E-state index contributed by atoms with van der Waals surface area (Å²) >= 11 is 0. The first kappa shape index (κ1) is 10.8. The van der Waals surface area contributed by atoms with E-state index < -0.39 is 0 Å². The quantitative estimate of drug-likeness (QED) is 0.839. The number of hydrogen-bond acceptors (Lipinski definition) is 4. The maximum atomic E-state index is 5.55.